The van der Waals surface area contributed by atoms with Crippen molar-refractivity contribution in [3.63, 3.8) is 0 Å². The van der Waals surface area contributed by atoms with Crippen LogP contribution in [-0.4, -0.2) is 11.6 Å². The van der Waals surface area contributed by atoms with E-state index < -0.39 is 0 Å². The van der Waals surface area contributed by atoms with Gasteiger partial charge in [0.1, 0.15) is 0 Å². The van der Waals surface area contributed by atoms with Crippen molar-refractivity contribution in [2.45, 2.75) is 13.8 Å². The molecule has 1 aromatic rings. The Kier molecular flexibility index (Phi) is 3.58. The molecule has 0 saturated carbocycles. The van der Waals surface area contributed by atoms with Gasteiger partial charge in [-0.25, -0.2) is 5.43 Å². The topological polar surface area (TPSA) is 65.2 Å². The molecular formula is C11H11N3O. The number of amides is 1. The fourth-order valence-corrected chi connectivity index (χ4v) is 0.923. The average molecular weight is 201 g/mol. The predicted octanol–water partition coefficient (Wildman–Crippen LogP) is 1.68. The Balaban J connectivity index is 2.76. The largest absolute Gasteiger partial charge is 0.271 e. The molecular weight excluding hydrogens is 190 g/mol. The highest BCUT2D eigenvalue weighted by atomic mass is 16.2. The highest BCUT2D eigenvalue weighted by Crippen LogP contribution is 2.02. The van der Waals surface area contributed by atoms with Crippen LogP contribution in [0.2, 0.25) is 0 Å². The fraction of sp³-hybridized carbons (Fsp3) is 0.182. The number of nitrogens with zero attached hydrogens (tertiary/aromatic N) is 2. The molecule has 76 valence electrons. The van der Waals surface area contributed by atoms with Crippen molar-refractivity contribution in [3.8, 4) is 6.07 Å². The van der Waals surface area contributed by atoms with Crippen LogP contribution in [0.4, 0.5) is 0 Å². The van der Waals surface area contributed by atoms with Crippen molar-refractivity contribution < 1.29 is 4.79 Å². The second kappa shape index (κ2) is 4.91. The number of benzene rings is 1. The summed E-state index contributed by atoms with van der Waals surface area (Å²) in [5.41, 5.74) is 4.19. The molecule has 0 aliphatic rings. The van der Waals surface area contributed by atoms with Gasteiger partial charge >= 0.3 is 0 Å². The maximum atomic E-state index is 11.4. The standard InChI is InChI=1S/C11H11N3O/c1-8(2)13-14-11(15)10-5-3-9(7-12)4-6-10/h3-6H,1-2H3,(H,14,15). The van der Waals surface area contributed by atoms with Crippen molar-refractivity contribution in [1.29, 1.82) is 5.26 Å². The van der Waals surface area contributed by atoms with E-state index in [4.69, 9.17) is 5.26 Å². The third-order valence-electron chi connectivity index (χ3n) is 1.66. The molecule has 4 nitrogen and oxygen atoms in total. The Morgan fingerprint density at radius 3 is 2.40 bits per heavy atom. The zero-order valence-corrected chi connectivity index (χ0v) is 8.61. The molecule has 0 atom stereocenters. The van der Waals surface area contributed by atoms with Crippen LogP contribution in [0.1, 0.15) is 29.8 Å². The second-order valence-corrected chi connectivity index (χ2v) is 3.19. The summed E-state index contributed by atoms with van der Waals surface area (Å²) < 4.78 is 0. The number of nitriles is 1. The molecule has 0 aliphatic heterocycles. The van der Waals surface area contributed by atoms with Crippen molar-refractivity contribution in [2.75, 3.05) is 0 Å². The van der Waals surface area contributed by atoms with E-state index in [1.165, 1.54) is 0 Å². The van der Waals surface area contributed by atoms with E-state index in [9.17, 15) is 4.79 Å². The summed E-state index contributed by atoms with van der Waals surface area (Å²) in [6.07, 6.45) is 0. The van der Waals surface area contributed by atoms with Gasteiger partial charge in [0.2, 0.25) is 0 Å². The monoisotopic (exact) mass is 201 g/mol. The zero-order chi connectivity index (χ0) is 11.3. The molecule has 0 heterocycles. The molecule has 4 heteroatoms. The Hall–Kier alpha value is -2.15. The Morgan fingerprint density at radius 1 is 1.33 bits per heavy atom. The summed E-state index contributed by atoms with van der Waals surface area (Å²) in [4.78, 5) is 11.4. The lowest BCUT2D eigenvalue weighted by Crippen LogP contribution is -2.18. The molecule has 0 radical (unpaired) electrons. The highest BCUT2D eigenvalue weighted by Gasteiger charge is 2.03. The van der Waals surface area contributed by atoms with Crippen LogP contribution in [0.5, 0.6) is 0 Å². The summed E-state index contributed by atoms with van der Waals surface area (Å²) in [5.74, 6) is -0.277. The van der Waals surface area contributed by atoms with Gasteiger partial charge in [0.15, 0.2) is 0 Å². The van der Waals surface area contributed by atoms with Gasteiger partial charge in [-0.15, -0.1) is 0 Å². The van der Waals surface area contributed by atoms with Crippen LogP contribution in [0.15, 0.2) is 29.4 Å². The van der Waals surface area contributed by atoms with Gasteiger partial charge in [-0.05, 0) is 38.1 Å². The van der Waals surface area contributed by atoms with E-state index in [0.29, 0.717) is 11.1 Å². The summed E-state index contributed by atoms with van der Waals surface area (Å²) >= 11 is 0. The Bertz CT molecular complexity index is 422. The number of carbonyl (C=O) groups excluding carboxylic acids is 1. The average Bonchev–Trinajstić information content (AvgIpc) is 2.26. The molecule has 1 aromatic carbocycles. The van der Waals surface area contributed by atoms with Crippen molar-refractivity contribution in [1.82, 2.24) is 5.43 Å². The predicted molar refractivity (Wildman–Crippen MR) is 57.4 cm³/mol. The van der Waals surface area contributed by atoms with Gasteiger partial charge in [-0.1, -0.05) is 0 Å². The van der Waals surface area contributed by atoms with Crippen molar-refractivity contribution >= 4 is 11.6 Å². The molecule has 0 spiro atoms. The van der Waals surface area contributed by atoms with Crippen molar-refractivity contribution in [2.24, 2.45) is 5.10 Å². The van der Waals surface area contributed by atoms with Crippen LogP contribution in [0.3, 0.4) is 0 Å². The molecule has 0 aliphatic carbocycles. The molecule has 0 fully saturated rings. The molecule has 0 aromatic heterocycles. The lowest BCUT2D eigenvalue weighted by molar-refractivity contribution is 0.0955. The summed E-state index contributed by atoms with van der Waals surface area (Å²) in [6.45, 7) is 3.58. The highest BCUT2D eigenvalue weighted by molar-refractivity contribution is 5.95. The number of rotatable bonds is 2. The number of hydrogen-bond donors (Lipinski definition) is 1. The smallest absolute Gasteiger partial charge is 0.267 e. The van der Waals surface area contributed by atoms with Gasteiger partial charge in [0, 0.05) is 11.3 Å². The normalized spacial score (nSPS) is 8.87. The van der Waals surface area contributed by atoms with Crippen molar-refractivity contribution in [3.05, 3.63) is 35.4 Å². The van der Waals surface area contributed by atoms with E-state index in [0.717, 1.165) is 5.71 Å². The van der Waals surface area contributed by atoms with Gasteiger partial charge in [-0.3, -0.25) is 4.79 Å². The van der Waals surface area contributed by atoms with Gasteiger partial charge in [-0.2, -0.15) is 10.4 Å². The molecule has 0 bridgehead atoms. The number of carbonyl (C=O) groups is 1. The second-order valence-electron chi connectivity index (χ2n) is 3.19. The first kappa shape index (κ1) is 10.9. The van der Waals surface area contributed by atoms with E-state index in [1.54, 1.807) is 38.1 Å². The number of hydrogen-bond acceptors (Lipinski definition) is 3. The Labute approximate surface area is 88.2 Å². The minimum Gasteiger partial charge on any atom is -0.267 e. The summed E-state index contributed by atoms with van der Waals surface area (Å²) in [5, 5.41) is 12.4. The minimum atomic E-state index is -0.277. The van der Waals surface area contributed by atoms with Crippen LogP contribution < -0.4 is 5.43 Å². The molecule has 15 heavy (non-hydrogen) atoms. The van der Waals surface area contributed by atoms with Crippen LogP contribution in [-0.2, 0) is 0 Å². The lowest BCUT2D eigenvalue weighted by Gasteiger charge is -1.99. The number of hydrazone groups is 1. The molecule has 0 unspecified atom stereocenters. The van der Waals surface area contributed by atoms with E-state index in [2.05, 4.69) is 10.5 Å². The third-order valence-corrected chi connectivity index (χ3v) is 1.66. The molecule has 0 saturated heterocycles. The van der Waals surface area contributed by atoms with E-state index in [-0.39, 0.29) is 5.91 Å². The zero-order valence-electron chi connectivity index (χ0n) is 8.61. The molecule has 1 amide bonds. The Morgan fingerprint density at radius 2 is 1.93 bits per heavy atom. The first-order chi connectivity index (χ1) is 7.13. The van der Waals surface area contributed by atoms with Gasteiger partial charge in [0.05, 0.1) is 11.6 Å². The summed E-state index contributed by atoms with van der Waals surface area (Å²) in [7, 11) is 0. The van der Waals surface area contributed by atoms with E-state index >= 15 is 0 Å². The number of nitrogens with one attached hydrogen (secondary N) is 1. The van der Waals surface area contributed by atoms with Crippen LogP contribution in [0.25, 0.3) is 0 Å². The van der Waals surface area contributed by atoms with Gasteiger partial charge in [0.25, 0.3) is 5.91 Å². The first-order valence-corrected chi connectivity index (χ1v) is 4.45. The fourth-order valence-electron chi connectivity index (χ4n) is 0.923. The van der Waals surface area contributed by atoms with E-state index in [1.807, 2.05) is 6.07 Å². The maximum Gasteiger partial charge on any atom is 0.271 e. The molecule has 1 N–H and O–H groups in total. The van der Waals surface area contributed by atoms with Gasteiger partial charge < -0.3 is 0 Å². The first-order valence-electron chi connectivity index (χ1n) is 4.45. The van der Waals surface area contributed by atoms with Crippen LogP contribution in [0, 0.1) is 11.3 Å². The SMILES string of the molecule is CC(C)=NNC(=O)c1ccc(C#N)cc1. The maximum absolute atomic E-state index is 11.4. The third kappa shape index (κ3) is 3.24. The lowest BCUT2D eigenvalue weighted by atomic mass is 10.1. The van der Waals surface area contributed by atoms with Crippen LogP contribution >= 0.6 is 0 Å². The summed E-state index contributed by atoms with van der Waals surface area (Å²) in [6, 6.07) is 8.36. The molecule has 1 rings (SSSR count). The quantitative estimate of drug-likeness (QED) is 0.584. The minimum absolute atomic E-state index is 0.277.